The third kappa shape index (κ3) is 3.44. The van der Waals surface area contributed by atoms with Gasteiger partial charge in [0, 0.05) is 0 Å². The van der Waals surface area contributed by atoms with Crippen LogP contribution < -0.4 is 0 Å². The Morgan fingerprint density at radius 3 is 1.65 bits per heavy atom. The molecule has 0 saturated carbocycles. The van der Waals surface area contributed by atoms with Gasteiger partial charge in [-0.3, -0.25) is 9.59 Å². The van der Waals surface area contributed by atoms with E-state index in [9.17, 15) is 9.59 Å². The van der Waals surface area contributed by atoms with Gasteiger partial charge in [0.15, 0.2) is 0 Å². The summed E-state index contributed by atoms with van der Waals surface area (Å²) in [5.41, 5.74) is -1.60. The Labute approximate surface area is 138 Å². The van der Waals surface area contributed by atoms with E-state index < -0.39 is 23.0 Å². The second-order valence-corrected chi connectivity index (χ2v) is 6.80. The highest BCUT2D eigenvalue weighted by molar-refractivity contribution is 5.86. The lowest BCUT2D eigenvalue weighted by atomic mass is 9.71. The van der Waals surface area contributed by atoms with E-state index in [2.05, 4.69) is 0 Å². The summed E-state index contributed by atoms with van der Waals surface area (Å²) < 4.78 is 16.8. The van der Waals surface area contributed by atoms with Crippen LogP contribution in [0.3, 0.4) is 0 Å². The average Bonchev–Trinajstić information content (AvgIpc) is 2.93. The van der Waals surface area contributed by atoms with Gasteiger partial charge in [-0.1, -0.05) is 38.8 Å². The number of esters is 2. The molecular formula is C18H28O5. The number of hydrogen-bond acceptors (Lipinski definition) is 5. The summed E-state index contributed by atoms with van der Waals surface area (Å²) in [6.07, 6.45) is 7.27. The Morgan fingerprint density at radius 1 is 0.913 bits per heavy atom. The minimum atomic E-state index is -0.799. The largest absolute Gasteiger partial charge is 0.465 e. The Morgan fingerprint density at radius 2 is 1.30 bits per heavy atom. The molecule has 0 aromatic rings. The van der Waals surface area contributed by atoms with Gasteiger partial charge in [0.1, 0.15) is 11.8 Å². The molecule has 1 fully saturated rings. The SMILES string of the molecule is CCCCOC(=O)C1C(C(=O)OCCCC)C2(C)C=CC1(C)O2. The first-order valence-corrected chi connectivity index (χ1v) is 8.62. The number of carbonyl (C=O) groups is 2. The molecule has 5 heteroatoms. The maximum Gasteiger partial charge on any atom is 0.313 e. The first-order chi connectivity index (χ1) is 10.9. The molecule has 0 amide bonds. The zero-order valence-corrected chi connectivity index (χ0v) is 14.6. The molecule has 4 atom stereocenters. The van der Waals surface area contributed by atoms with Crippen LogP contribution in [0.4, 0.5) is 0 Å². The molecule has 0 aliphatic carbocycles. The summed E-state index contributed by atoms with van der Waals surface area (Å²) in [6, 6.07) is 0. The van der Waals surface area contributed by atoms with Crippen LogP contribution in [-0.2, 0) is 23.8 Å². The van der Waals surface area contributed by atoms with E-state index in [1.54, 1.807) is 0 Å². The molecule has 0 radical (unpaired) electrons. The summed E-state index contributed by atoms with van der Waals surface area (Å²) in [4.78, 5) is 25.1. The van der Waals surface area contributed by atoms with E-state index in [0.29, 0.717) is 13.2 Å². The van der Waals surface area contributed by atoms with E-state index in [1.807, 2.05) is 39.8 Å². The first-order valence-electron chi connectivity index (χ1n) is 8.62. The van der Waals surface area contributed by atoms with Crippen LogP contribution in [0.2, 0.25) is 0 Å². The fourth-order valence-corrected chi connectivity index (χ4v) is 3.42. The molecular weight excluding hydrogens is 296 g/mol. The molecule has 2 bridgehead atoms. The molecule has 0 aromatic heterocycles. The summed E-state index contributed by atoms with van der Waals surface area (Å²) >= 11 is 0. The van der Waals surface area contributed by atoms with E-state index >= 15 is 0 Å². The molecule has 4 unspecified atom stereocenters. The van der Waals surface area contributed by atoms with Gasteiger partial charge in [-0.25, -0.2) is 0 Å². The van der Waals surface area contributed by atoms with Gasteiger partial charge in [-0.2, -0.15) is 0 Å². The monoisotopic (exact) mass is 324 g/mol. The Balaban J connectivity index is 2.14. The smallest absolute Gasteiger partial charge is 0.313 e. The number of carbonyl (C=O) groups excluding carboxylic acids is 2. The molecule has 5 nitrogen and oxygen atoms in total. The third-order valence-corrected chi connectivity index (χ3v) is 4.75. The summed E-state index contributed by atoms with van der Waals surface area (Å²) in [5, 5.41) is 0. The zero-order chi connectivity index (χ0) is 17.1. The first kappa shape index (κ1) is 18.0. The Bertz CT molecular complexity index is 444. The Hall–Kier alpha value is -1.36. The van der Waals surface area contributed by atoms with E-state index in [4.69, 9.17) is 14.2 Å². The number of unbranched alkanes of at least 4 members (excludes halogenated alkanes) is 2. The van der Waals surface area contributed by atoms with Crippen molar-refractivity contribution in [1.29, 1.82) is 0 Å². The van der Waals surface area contributed by atoms with Gasteiger partial charge in [-0.15, -0.1) is 0 Å². The molecule has 0 aromatic carbocycles. The highest BCUT2D eigenvalue weighted by Crippen LogP contribution is 2.54. The standard InChI is InChI=1S/C18H28O5/c1-5-7-11-21-15(19)13-14(16(20)22-12-8-6-2)18(4)10-9-17(13,3)23-18/h9-10,13-14H,5-8,11-12H2,1-4H3. The highest BCUT2D eigenvalue weighted by Gasteiger charge is 2.66. The molecule has 23 heavy (non-hydrogen) atoms. The summed E-state index contributed by atoms with van der Waals surface area (Å²) in [7, 11) is 0. The minimum absolute atomic E-state index is 0.369. The lowest BCUT2D eigenvalue weighted by molar-refractivity contribution is -0.162. The van der Waals surface area contributed by atoms with Gasteiger partial charge < -0.3 is 14.2 Å². The lowest BCUT2D eigenvalue weighted by Gasteiger charge is -2.29. The topological polar surface area (TPSA) is 61.8 Å². The van der Waals surface area contributed by atoms with Crippen LogP contribution >= 0.6 is 0 Å². The van der Waals surface area contributed by atoms with Crippen LogP contribution in [0.5, 0.6) is 0 Å². The molecule has 0 N–H and O–H groups in total. The average molecular weight is 324 g/mol. The van der Waals surface area contributed by atoms with Gasteiger partial charge in [0.05, 0.1) is 24.4 Å². The van der Waals surface area contributed by atoms with Gasteiger partial charge in [0.25, 0.3) is 0 Å². The van der Waals surface area contributed by atoms with Crippen molar-refractivity contribution in [2.24, 2.45) is 11.8 Å². The second kappa shape index (κ2) is 7.04. The quantitative estimate of drug-likeness (QED) is 0.390. The van der Waals surface area contributed by atoms with Crippen molar-refractivity contribution in [3.05, 3.63) is 12.2 Å². The van der Waals surface area contributed by atoms with Crippen molar-refractivity contribution in [3.63, 3.8) is 0 Å². The number of ether oxygens (including phenoxy) is 3. The molecule has 130 valence electrons. The maximum absolute atomic E-state index is 12.6. The van der Waals surface area contributed by atoms with Crippen molar-refractivity contribution in [1.82, 2.24) is 0 Å². The van der Waals surface area contributed by atoms with Crippen LogP contribution in [-0.4, -0.2) is 36.4 Å². The van der Waals surface area contributed by atoms with Crippen LogP contribution in [0.15, 0.2) is 12.2 Å². The predicted octanol–water partition coefficient (Wildman–Crippen LogP) is 3.02. The summed E-state index contributed by atoms with van der Waals surface area (Å²) in [6.45, 7) is 8.49. The Kier molecular flexibility index (Phi) is 5.50. The van der Waals surface area contributed by atoms with Crippen LogP contribution in [0, 0.1) is 11.8 Å². The molecule has 2 heterocycles. The molecule has 2 aliphatic heterocycles. The van der Waals surface area contributed by atoms with Crippen molar-refractivity contribution in [3.8, 4) is 0 Å². The fourth-order valence-electron chi connectivity index (χ4n) is 3.42. The number of rotatable bonds is 8. The van der Waals surface area contributed by atoms with E-state index in [0.717, 1.165) is 25.7 Å². The number of hydrogen-bond donors (Lipinski definition) is 0. The van der Waals surface area contributed by atoms with Crippen LogP contribution in [0.1, 0.15) is 53.4 Å². The van der Waals surface area contributed by atoms with Gasteiger partial charge in [0.2, 0.25) is 0 Å². The highest BCUT2D eigenvalue weighted by atomic mass is 16.6. The maximum atomic E-state index is 12.6. The zero-order valence-electron chi connectivity index (χ0n) is 14.6. The van der Waals surface area contributed by atoms with Crippen LogP contribution in [0.25, 0.3) is 0 Å². The molecule has 2 rings (SSSR count). The normalized spacial score (nSPS) is 34.6. The minimum Gasteiger partial charge on any atom is -0.465 e. The number of fused-ring (bicyclic) bond motifs is 2. The molecule has 0 spiro atoms. The predicted molar refractivity (Wildman–Crippen MR) is 85.7 cm³/mol. The summed E-state index contributed by atoms with van der Waals surface area (Å²) in [5.74, 6) is -2.04. The van der Waals surface area contributed by atoms with Gasteiger partial charge in [-0.05, 0) is 26.7 Å². The molecule has 1 saturated heterocycles. The van der Waals surface area contributed by atoms with Crippen molar-refractivity contribution in [2.75, 3.05) is 13.2 Å². The van der Waals surface area contributed by atoms with Gasteiger partial charge >= 0.3 is 11.9 Å². The van der Waals surface area contributed by atoms with Crippen molar-refractivity contribution >= 4 is 11.9 Å². The van der Waals surface area contributed by atoms with E-state index in [1.165, 1.54) is 0 Å². The van der Waals surface area contributed by atoms with Crippen molar-refractivity contribution in [2.45, 2.75) is 64.6 Å². The third-order valence-electron chi connectivity index (χ3n) is 4.75. The second-order valence-electron chi connectivity index (χ2n) is 6.80. The lowest BCUT2D eigenvalue weighted by Crippen LogP contribution is -2.45. The van der Waals surface area contributed by atoms with E-state index in [-0.39, 0.29) is 11.9 Å². The molecule has 2 aliphatic rings. The fraction of sp³-hybridized carbons (Fsp3) is 0.778. The van der Waals surface area contributed by atoms with Crippen molar-refractivity contribution < 1.29 is 23.8 Å².